The van der Waals surface area contributed by atoms with E-state index in [0.717, 1.165) is 0 Å². The van der Waals surface area contributed by atoms with E-state index in [1.54, 1.807) is 13.0 Å². The number of ether oxygens (including phenoxy) is 1. The van der Waals surface area contributed by atoms with Crippen molar-refractivity contribution in [2.24, 2.45) is 0 Å². The number of aromatic nitrogens is 4. The monoisotopic (exact) mass is 315 g/mol. The van der Waals surface area contributed by atoms with Gasteiger partial charge >= 0.3 is 5.97 Å². The molecule has 0 aromatic carbocycles. The van der Waals surface area contributed by atoms with Gasteiger partial charge in [-0.25, -0.2) is 19.7 Å². The maximum atomic E-state index is 12.1. The lowest BCUT2D eigenvalue weighted by molar-refractivity contribution is -0.123. The number of hydrogen-bond acceptors (Lipinski definition) is 7. The van der Waals surface area contributed by atoms with E-state index in [1.165, 1.54) is 25.6 Å². The lowest BCUT2D eigenvalue weighted by atomic mass is 10.3. The summed E-state index contributed by atoms with van der Waals surface area (Å²) in [5.41, 5.74) is 0.909. The number of nitrogens with zero attached hydrogens (tertiary/aromatic N) is 3. The summed E-state index contributed by atoms with van der Waals surface area (Å²) in [5, 5.41) is 2.56. The SMILES string of the molecule is Cc1ccc(C(=O)OC(C)C(=O)Nc2ncnc3nc[nH]c23)o1. The molecule has 0 radical (unpaired) electrons. The van der Waals surface area contributed by atoms with Gasteiger partial charge in [-0.1, -0.05) is 0 Å². The van der Waals surface area contributed by atoms with Gasteiger partial charge in [0.2, 0.25) is 5.76 Å². The molecule has 3 aromatic rings. The molecule has 0 saturated carbocycles. The summed E-state index contributed by atoms with van der Waals surface area (Å²) < 4.78 is 10.2. The summed E-state index contributed by atoms with van der Waals surface area (Å²) in [6.45, 7) is 3.16. The number of carbonyl (C=O) groups is 2. The zero-order valence-electron chi connectivity index (χ0n) is 12.4. The van der Waals surface area contributed by atoms with Crippen molar-refractivity contribution >= 4 is 28.9 Å². The second-order valence-corrected chi connectivity index (χ2v) is 4.77. The molecule has 0 spiro atoms. The second-order valence-electron chi connectivity index (χ2n) is 4.77. The average molecular weight is 315 g/mol. The average Bonchev–Trinajstić information content (AvgIpc) is 3.16. The van der Waals surface area contributed by atoms with Crippen molar-refractivity contribution in [3.63, 3.8) is 0 Å². The molecule has 2 N–H and O–H groups in total. The van der Waals surface area contributed by atoms with Crippen LogP contribution < -0.4 is 5.32 Å². The summed E-state index contributed by atoms with van der Waals surface area (Å²) >= 11 is 0. The molecule has 3 rings (SSSR count). The van der Waals surface area contributed by atoms with Gasteiger partial charge in [-0.2, -0.15) is 0 Å². The summed E-state index contributed by atoms with van der Waals surface area (Å²) in [4.78, 5) is 38.7. The first-order valence-corrected chi connectivity index (χ1v) is 6.77. The third-order valence-electron chi connectivity index (χ3n) is 3.06. The van der Waals surface area contributed by atoms with Gasteiger partial charge in [0.1, 0.15) is 17.6 Å². The maximum Gasteiger partial charge on any atom is 0.375 e. The van der Waals surface area contributed by atoms with Gasteiger partial charge in [0.05, 0.1) is 6.33 Å². The molecule has 3 heterocycles. The molecule has 118 valence electrons. The molecule has 0 aliphatic heterocycles. The molecule has 0 aliphatic rings. The second kappa shape index (κ2) is 5.87. The van der Waals surface area contributed by atoms with Gasteiger partial charge in [-0.3, -0.25) is 4.79 Å². The van der Waals surface area contributed by atoms with Crippen molar-refractivity contribution in [2.45, 2.75) is 20.0 Å². The van der Waals surface area contributed by atoms with Crippen LogP contribution in [0.15, 0.2) is 29.2 Å². The highest BCUT2D eigenvalue weighted by Crippen LogP contribution is 2.15. The summed E-state index contributed by atoms with van der Waals surface area (Å²) in [7, 11) is 0. The van der Waals surface area contributed by atoms with E-state index in [4.69, 9.17) is 9.15 Å². The highest BCUT2D eigenvalue weighted by atomic mass is 16.6. The molecule has 0 saturated heterocycles. The highest BCUT2D eigenvalue weighted by Gasteiger charge is 2.22. The van der Waals surface area contributed by atoms with Crippen LogP contribution in [0.4, 0.5) is 5.82 Å². The number of aryl methyl sites for hydroxylation is 1. The molecule has 9 heteroatoms. The van der Waals surface area contributed by atoms with Gasteiger partial charge in [0.25, 0.3) is 5.91 Å². The lowest BCUT2D eigenvalue weighted by Crippen LogP contribution is -2.30. The molecule has 9 nitrogen and oxygen atoms in total. The number of H-pyrrole nitrogens is 1. The van der Waals surface area contributed by atoms with E-state index in [0.29, 0.717) is 16.9 Å². The number of furan rings is 1. The molecule has 23 heavy (non-hydrogen) atoms. The first-order chi connectivity index (χ1) is 11.0. The number of anilines is 1. The number of fused-ring (bicyclic) bond motifs is 1. The molecular formula is C14H13N5O4. The number of rotatable bonds is 4. The Labute approximate surface area is 130 Å². The maximum absolute atomic E-state index is 12.1. The first-order valence-electron chi connectivity index (χ1n) is 6.77. The fourth-order valence-corrected chi connectivity index (χ4v) is 1.89. The third-order valence-corrected chi connectivity index (χ3v) is 3.06. The van der Waals surface area contributed by atoms with Crippen LogP contribution in [0.3, 0.4) is 0 Å². The fraction of sp³-hybridized carbons (Fsp3) is 0.214. The first kappa shape index (κ1) is 14.7. The molecule has 0 bridgehead atoms. The molecule has 3 aromatic heterocycles. The number of imidazole rings is 1. The van der Waals surface area contributed by atoms with Crippen LogP contribution >= 0.6 is 0 Å². The van der Waals surface area contributed by atoms with E-state index in [9.17, 15) is 9.59 Å². The van der Waals surface area contributed by atoms with Crippen LogP contribution in [-0.4, -0.2) is 37.9 Å². The fourth-order valence-electron chi connectivity index (χ4n) is 1.89. The zero-order valence-corrected chi connectivity index (χ0v) is 12.4. The Morgan fingerprint density at radius 3 is 2.87 bits per heavy atom. The van der Waals surface area contributed by atoms with Crippen molar-refractivity contribution in [1.29, 1.82) is 0 Å². The predicted molar refractivity (Wildman–Crippen MR) is 78.6 cm³/mol. The number of carbonyl (C=O) groups excluding carboxylic acids is 2. The van der Waals surface area contributed by atoms with E-state index < -0.39 is 18.0 Å². The number of amides is 1. The molecule has 0 fully saturated rings. The van der Waals surface area contributed by atoms with Crippen LogP contribution in [0.25, 0.3) is 11.2 Å². The van der Waals surface area contributed by atoms with Crippen LogP contribution in [0.1, 0.15) is 23.2 Å². The van der Waals surface area contributed by atoms with Gasteiger partial charge in [0, 0.05) is 0 Å². The van der Waals surface area contributed by atoms with Crippen LogP contribution in [0, 0.1) is 6.92 Å². The predicted octanol–water partition coefficient (Wildman–Crippen LogP) is 1.44. The minimum absolute atomic E-state index is 0.0418. The third kappa shape index (κ3) is 3.03. The molecule has 1 amide bonds. The quantitative estimate of drug-likeness (QED) is 0.698. The van der Waals surface area contributed by atoms with Crippen molar-refractivity contribution < 1.29 is 18.7 Å². The van der Waals surface area contributed by atoms with E-state index in [1.807, 2.05) is 0 Å². The van der Waals surface area contributed by atoms with Gasteiger partial charge in [0.15, 0.2) is 17.6 Å². The Hall–Kier alpha value is -3.23. The topological polar surface area (TPSA) is 123 Å². The summed E-state index contributed by atoms with van der Waals surface area (Å²) in [5.74, 6) is -0.364. The lowest BCUT2D eigenvalue weighted by Gasteiger charge is -2.12. The molecular weight excluding hydrogens is 302 g/mol. The van der Waals surface area contributed by atoms with Gasteiger partial charge < -0.3 is 19.5 Å². The minimum atomic E-state index is -1.03. The normalized spacial score (nSPS) is 12.1. The molecule has 1 atom stereocenters. The van der Waals surface area contributed by atoms with Crippen LogP contribution in [0.2, 0.25) is 0 Å². The van der Waals surface area contributed by atoms with E-state index >= 15 is 0 Å². The Morgan fingerprint density at radius 2 is 2.13 bits per heavy atom. The summed E-state index contributed by atoms with van der Waals surface area (Å²) in [6, 6.07) is 3.12. The Balaban J connectivity index is 1.68. The van der Waals surface area contributed by atoms with Gasteiger partial charge in [-0.05, 0) is 26.0 Å². The van der Waals surface area contributed by atoms with Crippen molar-refractivity contribution in [1.82, 2.24) is 19.9 Å². The van der Waals surface area contributed by atoms with Crippen molar-refractivity contribution in [2.75, 3.05) is 5.32 Å². The number of esters is 1. The molecule has 0 aliphatic carbocycles. The van der Waals surface area contributed by atoms with Gasteiger partial charge in [-0.15, -0.1) is 0 Å². The number of aromatic amines is 1. The van der Waals surface area contributed by atoms with Crippen LogP contribution in [0.5, 0.6) is 0 Å². The smallest absolute Gasteiger partial charge is 0.375 e. The highest BCUT2D eigenvalue weighted by molar-refractivity contribution is 6.00. The van der Waals surface area contributed by atoms with Crippen LogP contribution in [-0.2, 0) is 9.53 Å². The largest absolute Gasteiger partial charge is 0.454 e. The summed E-state index contributed by atoms with van der Waals surface area (Å²) in [6.07, 6.45) is 1.69. The number of nitrogens with one attached hydrogen (secondary N) is 2. The zero-order chi connectivity index (χ0) is 16.4. The standard InChI is InChI=1S/C14H13N5O4/c1-7-3-4-9(22-7)14(21)23-8(2)13(20)19-12-10-11(16-5-15-10)17-6-18-12/h3-6,8H,1-2H3,(H2,15,16,17,18,19,20). The Kier molecular flexibility index (Phi) is 3.75. The Morgan fingerprint density at radius 1 is 1.30 bits per heavy atom. The van der Waals surface area contributed by atoms with Crippen molar-refractivity contribution in [3.8, 4) is 0 Å². The Bertz CT molecular complexity index is 869. The van der Waals surface area contributed by atoms with Crippen molar-refractivity contribution in [3.05, 3.63) is 36.3 Å². The number of hydrogen-bond donors (Lipinski definition) is 2. The van der Waals surface area contributed by atoms with E-state index in [-0.39, 0.29) is 11.6 Å². The minimum Gasteiger partial charge on any atom is -0.454 e. The van der Waals surface area contributed by atoms with E-state index in [2.05, 4.69) is 25.3 Å². The molecule has 1 unspecified atom stereocenters.